The van der Waals surface area contributed by atoms with Crippen LogP contribution in [0.25, 0.3) is 11.1 Å². The van der Waals surface area contributed by atoms with E-state index in [0.29, 0.717) is 23.4 Å². The number of pyridine rings is 1. The number of ether oxygens (including phenoxy) is 2. The lowest BCUT2D eigenvalue weighted by Crippen LogP contribution is -2.20. The summed E-state index contributed by atoms with van der Waals surface area (Å²) in [6.07, 6.45) is -3.05. The minimum Gasteiger partial charge on any atom is -0.496 e. The molecule has 30 heavy (non-hydrogen) atoms. The highest BCUT2D eigenvalue weighted by atomic mass is 19.4. The van der Waals surface area contributed by atoms with E-state index in [2.05, 4.69) is 29.4 Å². The third-order valence-corrected chi connectivity index (χ3v) is 4.61. The van der Waals surface area contributed by atoms with Crippen LogP contribution in [0.15, 0.2) is 66.9 Å². The predicted molar refractivity (Wildman–Crippen MR) is 109 cm³/mol. The number of hydrogen-bond acceptors (Lipinski definition) is 4. The van der Waals surface area contributed by atoms with Crippen molar-refractivity contribution in [3.05, 3.63) is 78.0 Å². The molecule has 0 bridgehead atoms. The number of benzene rings is 2. The average Bonchev–Trinajstić information content (AvgIpc) is 2.76. The molecule has 0 aliphatic rings. The topological polar surface area (TPSA) is 43.4 Å². The summed E-state index contributed by atoms with van der Waals surface area (Å²) in [6, 6.07) is 19.1. The van der Waals surface area contributed by atoms with Crippen molar-refractivity contribution < 1.29 is 22.6 Å². The van der Waals surface area contributed by atoms with Gasteiger partial charge < -0.3 is 14.8 Å². The largest absolute Gasteiger partial charge is 0.496 e. The number of nitrogens with one attached hydrogen (secondary N) is 1. The van der Waals surface area contributed by atoms with E-state index in [1.807, 2.05) is 30.3 Å². The van der Waals surface area contributed by atoms with Gasteiger partial charge in [-0.3, -0.25) is 0 Å². The summed E-state index contributed by atoms with van der Waals surface area (Å²) in [5.41, 5.74) is 3.19. The zero-order valence-electron chi connectivity index (χ0n) is 16.7. The molecule has 3 aromatic rings. The summed E-state index contributed by atoms with van der Waals surface area (Å²) < 4.78 is 48.2. The Hall–Kier alpha value is -3.06. The fraction of sp³-hybridized carbons (Fsp3) is 0.261. The van der Waals surface area contributed by atoms with Crippen LogP contribution in [0.1, 0.15) is 24.1 Å². The Labute approximate surface area is 173 Å². The first-order valence-electron chi connectivity index (χ1n) is 9.47. The smallest absolute Gasteiger partial charge is 0.422 e. The molecule has 0 saturated carbocycles. The van der Waals surface area contributed by atoms with E-state index >= 15 is 0 Å². The molecule has 0 aliphatic heterocycles. The van der Waals surface area contributed by atoms with Gasteiger partial charge in [0.25, 0.3) is 0 Å². The zero-order valence-corrected chi connectivity index (χ0v) is 16.7. The Morgan fingerprint density at radius 2 is 1.77 bits per heavy atom. The lowest BCUT2D eigenvalue weighted by molar-refractivity contribution is -0.154. The molecule has 0 spiro atoms. The van der Waals surface area contributed by atoms with Crippen molar-refractivity contribution in [1.29, 1.82) is 0 Å². The van der Waals surface area contributed by atoms with E-state index in [9.17, 15) is 13.2 Å². The molecule has 0 radical (unpaired) electrons. The van der Waals surface area contributed by atoms with Gasteiger partial charge in [0.15, 0.2) is 6.61 Å². The van der Waals surface area contributed by atoms with Crippen LogP contribution in [-0.4, -0.2) is 24.9 Å². The molecule has 0 saturated heterocycles. The minimum atomic E-state index is -4.45. The normalized spacial score (nSPS) is 12.4. The number of halogens is 3. The van der Waals surface area contributed by atoms with Gasteiger partial charge in [-0.05, 0) is 42.3 Å². The lowest BCUT2D eigenvalue weighted by Gasteiger charge is -2.17. The van der Waals surface area contributed by atoms with Crippen LogP contribution in [0, 0.1) is 0 Å². The first-order valence-corrected chi connectivity index (χ1v) is 9.47. The average molecular weight is 416 g/mol. The Bertz CT molecular complexity index is 962. The first-order chi connectivity index (χ1) is 14.4. The number of aromatic nitrogens is 1. The summed E-state index contributed by atoms with van der Waals surface area (Å²) in [5.74, 6) is 0.440. The first kappa shape index (κ1) is 21.6. The van der Waals surface area contributed by atoms with E-state index in [4.69, 9.17) is 9.47 Å². The highest BCUT2D eigenvalue weighted by molar-refractivity contribution is 5.75. The summed E-state index contributed by atoms with van der Waals surface area (Å²) in [4.78, 5) is 3.98. The van der Waals surface area contributed by atoms with Gasteiger partial charge in [-0.15, -0.1) is 0 Å². The van der Waals surface area contributed by atoms with Crippen LogP contribution in [0.2, 0.25) is 0 Å². The molecule has 1 heterocycles. The van der Waals surface area contributed by atoms with Crippen LogP contribution in [0.4, 0.5) is 13.2 Å². The molecule has 2 aromatic carbocycles. The van der Waals surface area contributed by atoms with E-state index in [1.165, 1.54) is 18.9 Å². The predicted octanol–water partition coefficient (Wildman–Crippen LogP) is 5.55. The second-order valence-electron chi connectivity index (χ2n) is 6.81. The third-order valence-electron chi connectivity index (χ3n) is 4.61. The van der Waals surface area contributed by atoms with Gasteiger partial charge in [0.2, 0.25) is 5.88 Å². The van der Waals surface area contributed by atoms with Crippen LogP contribution in [0.5, 0.6) is 11.6 Å². The Balaban J connectivity index is 1.83. The SMILES string of the molecule is COc1ccc(CNC(C)c2ccccc2)cc1-c1cccnc1OCC(F)(F)F. The maximum atomic E-state index is 12.6. The second-order valence-corrected chi connectivity index (χ2v) is 6.81. The van der Waals surface area contributed by atoms with Gasteiger partial charge >= 0.3 is 6.18 Å². The van der Waals surface area contributed by atoms with Crippen molar-refractivity contribution in [2.24, 2.45) is 0 Å². The maximum absolute atomic E-state index is 12.6. The number of hydrogen-bond donors (Lipinski definition) is 1. The molecule has 7 heteroatoms. The molecule has 0 fully saturated rings. The molecule has 0 aliphatic carbocycles. The summed E-state index contributed by atoms with van der Waals surface area (Å²) >= 11 is 0. The van der Waals surface area contributed by atoms with Gasteiger partial charge in [-0.25, -0.2) is 4.98 Å². The van der Waals surface area contributed by atoms with Gasteiger partial charge in [0.1, 0.15) is 5.75 Å². The van der Waals surface area contributed by atoms with Crippen molar-refractivity contribution in [2.45, 2.75) is 25.7 Å². The highest BCUT2D eigenvalue weighted by Crippen LogP contribution is 2.36. The number of alkyl halides is 3. The van der Waals surface area contributed by atoms with E-state index in [-0.39, 0.29) is 11.9 Å². The molecule has 0 amide bonds. The maximum Gasteiger partial charge on any atom is 0.422 e. The summed E-state index contributed by atoms with van der Waals surface area (Å²) in [5, 5.41) is 3.45. The van der Waals surface area contributed by atoms with Gasteiger partial charge in [-0.2, -0.15) is 13.2 Å². The monoisotopic (exact) mass is 416 g/mol. The Kier molecular flexibility index (Phi) is 6.95. The van der Waals surface area contributed by atoms with Gasteiger partial charge in [0, 0.05) is 29.9 Å². The third kappa shape index (κ3) is 5.73. The lowest BCUT2D eigenvalue weighted by atomic mass is 10.0. The summed E-state index contributed by atoms with van der Waals surface area (Å²) in [7, 11) is 1.51. The van der Waals surface area contributed by atoms with E-state index in [0.717, 1.165) is 5.56 Å². The molecule has 3 rings (SSSR count). The number of methoxy groups -OCH3 is 1. The standard InChI is InChI=1S/C23H23F3N2O2/c1-16(18-7-4-3-5-8-18)28-14-17-10-11-21(29-2)20(13-17)19-9-6-12-27-22(19)30-15-23(24,25)26/h3-13,16,28H,14-15H2,1-2H3. The molecule has 1 unspecified atom stereocenters. The van der Waals surface area contributed by atoms with Crippen LogP contribution < -0.4 is 14.8 Å². The van der Waals surface area contributed by atoms with Crippen molar-refractivity contribution in [3.8, 4) is 22.8 Å². The minimum absolute atomic E-state index is 0.0871. The molecule has 158 valence electrons. The van der Waals surface area contributed by atoms with Crippen LogP contribution in [0.3, 0.4) is 0 Å². The quantitative estimate of drug-likeness (QED) is 0.523. The number of rotatable bonds is 8. The molecule has 1 N–H and O–H groups in total. The summed E-state index contributed by atoms with van der Waals surface area (Å²) in [6.45, 7) is 1.24. The van der Waals surface area contributed by atoms with Crippen molar-refractivity contribution in [2.75, 3.05) is 13.7 Å². The Morgan fingerprint density at radius 3 is 2.47 bits per heavy atom. The fourth-order valence-electron chi connectivity index (χ4n) is 3.07. The van der Waals surface area contributed by atoms with Crippen LogP contribution >= 0.6 is 0 Å². The number of nitrogens with zero attached hydrogens (tertiary/aromatic N) is 1. The highest BCUT2D eigenvalue weighted by Gasteiger charge is 2.29. The molecule has 1 aromatic heterocycles. The molecular formula is C23H23F3N2O2. The van der Waals surface area contributed by atoms with Gasteiger partial charge in [0.05, 0.1) is 7.11 Å². The molecular weight excluding hydrogens is 393 g/mol. The van der Waals surface area contributed by atoms with E-state index in [1.54, 1.807) is 18.2 Å². The second kappa shape index (κ2) is 9.63. The van der Waals surface area contributed by atoms with Crippen molar-refractivity contribution in [3.63, 3.8) is 0 Å². The molecule has 1 atom stereocenters. The van der Waals surface area contributed by atoms with Crippen molar-refractivity contribution in [1.82, 2.24) is 10.3 Å². The fourth-order valence-corrected chi connectivity index (χ4v) is 3.07. The Morgan fingerprint density at radius 1 is 1.00 bits per heavy atom. The van der Waals surface area contributed by atoms with E-state index < -0.39 is 12.8 Å². The zero-order chi connectivity index (χ0) is 21.6. The van der Waals surface area contributed by atoms with Crippen molar-refractivity contribution >= 4 is 0 Å². The van der Waals surface area contributed by atoms with Gasteiger partial charge in [-0.1, -0.05) is 36.4 Å². The van der Waals surface area contributed by atoms with Crippen LogP contribution in [-0.2, 0) is 6.54 Å². The molecule has 4 nitrogen and oxygen atoms in total.